The molecular weight excluding hydrogens is 630 g/mol. The number of fused-ring (bicyclic) bond motifs is 2. The molecule has 0 aliphatic heterocycles. The molecule has 1 heterocycles. The first kappa shape index (κ1) is 33.1. The highest BCUT2D eigenvalue weighted by Crippen LogP contribution is 2.55. The van der Waals surface area contributed by atoms with Gasteiger partial charge < -0.3 is 9.29 Å². The molecule has 0 bridgehead atoms. The maximum atomic E-state index is 13.3. The summed E-state index contributed by atoms with van der Waals surface area (Å²) in [6.45, 7) is 0. The summed E-state index contributed by atoms with van der Waals surface area (Å²) in [6.07, 6.45) is -21.2. The largest absolute Gasteiger partial charge is 0.741 e. The SMILES string of the molecule is C[n+]1c2ccccc2c(C(=O)OC(C(F)(F)F)(C(F)(F)F)C(F)(F)F)c2cc(Cl)ccc21.O=S(=O)([O-])C(F)(F)F. The van der Waals surface area contributed by atoms with Gasteiger partial charge in [0.15, 0.2) is 10.1 Å². The van der Waals surface area contributed by atoms with Crippen LogP contribution in [0.2, 0.25) is 5.02 Å². The number of alkyl halides is 12. The molecule has 3 aromatic rings. The standard InChI is InChI=1S/C19H10ClF9NO2.CHF3O3S/c1-30-12-5-3-2-4-10(12)14(11-8-9(20)6-7-13(11)30)15(31)32-16(17(21,22)23,18(24,25)26)19(27,28)29;2-1(3,4)8(5,6)7/h2-8H,1H3;(H,5,6,7)/q+1;/p-1. The molecule has 0 aliphatic carbocycles. The Hall–Kier alpha value is -3.06. The highest BCUT2D eigenvalue weighted by molar-refractivity contribution is 7.86. The topological polar surface area (TPSA) is 87.4 Å². The molecule has 0 atom stereocenters. The van der Waals surface area contributed by atoms with Crippen molar-refractivity contribution in [3.8, 4) is 0 Å². The average molecular weight is 640 g/mol. The van der Waals surface area contributed by atoms with E-state index in [9.17, 15) is 57.5 Å². The molecule has 0 amide bonds. The van der Waals surface area contributed by atoms with Crippen LogP contribution >= 0.6 is 11.6 Å². The van der Waals surface area contributed by atoms with Crippen LogP contribution in [0.1, 0.15) is 10.4 Å². The Balaban J connectivity index is 0.000000611. The first-order chi connectivity index (χ1) is 17.8. The third-order valence-electron chi connectivity index (χ3n) is 5.06. The Morgan fingerprint density at radius 2 is 1.23 bits per heavy atom. The second-order valence-electron chi connectivity index (χ2n) is 7.58. The number of ether oxygens (including phenoxy) is 1. The van der Waals surface area contributed by atoms with E-state index in [0.29, 0.717) is 0 Å². The Morgan fingerprint density at radius 3 is 1.65 bits per heavy atom. The zero-order chi connectivity index (χ0) is 31.3. The maximum absolute atomic E-state index is 13.3. The second kappa shape index (κ2) is 10.4. The van der Waals surface area contributed by atoms with E-state index in [1.807, 2.05) is 0 Å². The van der Waals surface area contributed by atoms with Crippen LogP contribution in [-0.4, -0.2) is 48.6 Å². The Bertz CT molecular complexity index is 1510. The first-order valence-electron chi connectivity index (χ1n) is 9.73. The van der Waals surface area contributed by atoms with Gasteiger partial charge in [0, 0.05) is 17.2 Å². The molecule has 0 aliphatic rings. The molecule has 0 saturated heterocycles. The number of nitrogens with zero attached hydrogens (tertiary/aromatic N) is 1. The third kappa shape index (κ3) is 5.99. The van der Waals surface area contributed by atoms with Crippen molar-refractivity contribution < 1.29 is 79.8 Å². The second-order valence-corrected chi connectivity index (χ2v) is 9.38. The minimum atomic E-state index is -7.05. The summed E-state index contributed by atoms with van der Waals surface area (Å²) in [4.78, 5) is 12.7. The summed E-state index contributed by atoms with van der Waals surface area (Å²) in [5, 5.41) is -0.616. The minimum absolute atomic E-state index is 0.0736. The van der Waals surface area contributed by atoms with Crippen molar-refractivity contribution in [1.82, 2.24) is 0 Å². The van der Waals surface area contributed by atoms with Crippen LogP contribution in [0.25, 0.3) is 21.8 Å². The number of halogens is 13. The van der Waals surface area contributed by atoms with Crippen LogP contribution in [0, 0.1) is 0 Å². The summed E-state index contributed by atoms with van der Waals surface area (Å²) in [5.41, 5.74) is -13.1. The summed E-state index contributed by atoms with van der Waals surface area (Å²) < 4.78 is 183. The number of carbonyl (C=O) groups excluding carboxylic acids is 1. The van der Waals surface area contributed by atoms with E-state index in [1.54, 1.807) is 0 Å². The molecule has 0 spiro atoms. The van der Waals surface area contributed by atoms with E-state index in [-0.39, 0.29) is 26.8 Å². The number of aryl methyl sites for hydroxylation is 1. The highest BCUT2D eigenvalue weighted by Gasteiger charge is 2.87. The summed E-state index contributed by atoms with van der Waals surface area (Å²) in [6, 6.07) is 8.89. The lowest BCUT2D eigenvalue weighted by molar-refractivity contribution is -0.617. The van der Waals surface area contributed by atoms with Crippen molar-refractivity contribution in [2.24, 2.45) is 7.05 Å². The van der Waals surface area contributed by atoms with Crippen LogP contribution in [0.5, 0.6) is 0 Å². The highest BCUT2D eigenvalue weighted by atomic mass is 35.5. The molecule has 0 N–H and O–H groups in total. The molecular formula is C20H10ClF12NO5S. The molecule has 1 aromatic heterocycles. The number of para-hydroxylation sites is 1. The Morgan fingerprint density at radius 1 is 0.800 bits per heavy atom. The monoisotopic (exact) mass is 639 g/mol. The predicted molar refractivity (Wildman–Crippen MR) is 110 cm³/mol. The Labute approximate surface area is 219 Å². The van der Waals surface area contributed by atoms with Crippen molar-refractivity contribution in [2.75, 3.05) is 0 Å². The lowest BCUT2D eigenvalue weighted by Crippen LogP contribution is -2.68. The first-order valence-corrected chi connectivity index (χ1v) is 11.5. The van der Waals surface area contributed by atoms with E-state index >= 15 is 0 Å². The number of rotatable bonds is 2. The zero-order valence-electron chi connectivity index (χ0n) is 18.9. The number of pyridine rings is 1. The fourth-order valence-corrected chi connectivity index (χ4v) is 3.49. The minimum Gasteiger partial charge on any atom is -0.741 e. The van der Waals surface area contributed by atoms with Gasteiger partial charge in [-0.3, -0.25) is 0 Å². The van der Waals surface area contributed by atoms with Crippen molar-refractivity contribution in [3.05, 3.63) is 53.1 Å². The maximum Gasteiger partial charge on any atom is 0.485 e. The molecule has 6 nitrogen and oxygen atoms in total. The average Bonchev–Trinajstić information content (AvgIpc) is 2.74. The van der Waals surface area contributed by atoms with Crippen LogP contribution in [-0.2, 0) is 21.9 Å². The molecule has 0 unspecified atom stereocenters. The number of esters is 1. The van der Waals surface area contributed by atoms with Gasteiger partial charge in [0.05, 0.1) is 16.3 Å². The molecule has 40 heavy (non-hydrogen) atoms. The van der Waals surface area contributed by atoms with Gasteiger partial charge in [-0.2, -0.15) is 57.3 Å². The van der Waals surface area contributed by atoms with Gasteiger partial charge in [0.1, 0.15) is 7.05 Å². The van der Waals surface area contributed by atoms with Crippen molar-refractivity contribution in [2.45, 2.75) is 29.6 Å². The number of benzene rings is 2. The zero-order valence-corrected chi connectivity index (χ0v) is 20.4. The molecule has 3 rings (SSSR count). The molecule has 0 radical (unpaired) electrons. The molecule has 2 aromatic carbocycles. The quantitative estimate of drug-likeness (QED) is 0.0844. The number of hydrogen-bond acceptors (Lipinski definition) is 5. The van der Waals surface area contributed by atoms with Gasteiger partial charge in [-0.1, -0.05) is 23.7 Å². The lowest BCUT2D eigenvalue weighted by atomic mass is 9.99. The molecule has 0 saturated carbocycles. The van der Waals surface area contributed by atoms with E-state index in [2.05, 4.69) is 4.74 Å². The van der Waals surface area contributed by atoms with Crippen LogP contribution in [0.4, 0.5) is 52.7 Å². The fourth-order valence-electron chi connectivity index (χ4n) is 3.32. The number of aromatic nitrogens is 1. The normalized spacial score (nSPS) is 13.7. The Kier molecular flexibility index (Phi) is 8.62. The van der Waals surface area contributed by atoms with Crippen LogP contribution in [0.15, 0.2) is 42.5 Å². The van der Waals surface area contributed by atoms with Gasteiger partial charge in [0.25, 0.3) is 0 Å². The molecule has 20 heteroatoms. The van der Waals surface area contributed by atoms with E-state index in [1.165, 1.54) is 41.9 Å². The third-order valence-corrected chi connectivity index (χ3v) is 5.86. The summed E-state index contributed by atoms with van der Waals surface area (Å²) in [5.74, 6) is -2.47. The smallest absolute Gasteiger partial charge is 0.485 e. The van der Waals surface area contributed by atoms with Gasteiger partial charge >= 0.3 is 35.6 Å². The summed E-state index contributed by atoms with van der Waals surface area (Å²) >= 11 is 5.85. The van der Waals surface area contributed by atoms with Crippen molar-refractivity contribution in [3.63, 3.8) is 0 Å². The van der Waals surface area contributed by atoms with Gasteiger partial charge in [-0.05, 0) is 18.2 Å². The molecule has 222 valence electrons. The van der Waals surface area contributed by atoms with Gasteiger partial charge in [0.2, 0.25) is 11.0 Å². The van der Waals surface area contributed by atoms with E-state index in [4.69, 9.17) is 24.6 Å². The van der Waals surface area contributed by atoms with Crippen molar-refractivity contribution in [1.29, 1.82) is 0 Å². The van der Waals surface area contributed by atoms with Crippen LogP contribution in [0.3, 0.4) is 0 Å². The molecule has 0 fully saturated rings. The number of hydrogen-bond donors (Lipinski definition) is 0. The lowest BCUT2D eigenvalue weighted by Gasteiger charge is -2.37. The van der Waals surface area contributed by atoms with Gasteiger partial charge in [-0.25, -0.2) is 13.2 Å². The fraction of sp³-hybridized carbons (Fsp3) is 0.300. The van der Waals surface area contributed by atoms with E-state index < -0.39 is 51.3 Å². The van der Waals surface area contributed by atoms with Crippen LogP contribution < -0.4 is 4.57 Å². The van der Waals surface area contributed by atoms with Gasteiger partial charge in [-0.15, -0.1) is 0 Å². The number of carbonyl (C=O) groups is 1. The summed E-state index contributed by atoms with van der Waals surface area (Å²) in [7, 11) is -4.62. The predicted octanol–water partition coefficient (Wildman–Crippen LogP) is 6.10. The van der Waals surface area contributed by atoms with Crippen molar-refractivity contribution >= 4 is 49.5 Å². The van der Waals surface area contributed by atoms with E-state index in [0.717, 1.165) is 12.1 Å².